The molecule has 0 aromatic heterocycles. The van der Waals surface area contributed by atoms with Gasteiger partial charge in [0, 0.05) is 12.1 Å². The Bertz CT molecular complexity index is 291. The lowest BCUT2D eigenvalue weighted by molar-refractivity contribution is 0.391. The van der Waals surface area contributed by atoms with Crippen LogP contribution < -0.4 is 15.8 Å². The summed E-state index contributed by atoms with van der Waals surface area (Å²) in [6.45, 7) is 2.74. The Labute approximate surface area is 91.6 Å². The van der Waals surface area contributed by atoms with Crippen LogP contribution in [0.15, 0.2) is 24.3 Å². The van der Waals surface area contributed by atoms with Crippen molar-refractivity contribution in [2.45, 2.75) is 18.9 Å². The highest BCUT2D eigenvalue weighted by Crippen LogP contribution is 2.16. The molecule has 3 N–H and O–H groups in total. The van der Waals surface area contributed by atoms with Crippen LogP contribution in [0.5, 0.6) is 5.75 Å². The van der Waals surface area contributed by atoms with Crippen molar-refractivity contribution < 1.29 is 4.74 Å². The molecular formula is C12H20N2O. The number of rotatable bonds is 5. The molecule has 1 unspecified atom stereocenters. The van der Waals surface area contributed by atoms with Gasteiger partial charge >= 0.3 is 0 Å². The Morgan fingerprint density at radius 3 is 2.33 bits per heavy atom. The lowest BCUT2D eigenvalue weighted by Gasteiger charge is -2.27. The van der Waals surface area contributed by atoms with E-state index in [-0.39, 0.29) is 5.54 Å². The van der Waals surface area contributed by atoms with E-state index in [0.29, 0.717) is 6.54 Å². The molecule has 0 bridgehead atoms. The Balaban J connectivity index is 2.71. The largest absolute Gasteiger partial charge is 0.497 e. The molecule has 0 aliphatic heterocycles. The molecule has 84 valence electrons. The number of hydrogen-bond acceptors (Lipinski definition) is 3. The molecule has 15 heavy (non-hydrogen) atoms. The zero-order valence-corrected chi connectivity index (χ0v) is 9.71. The van der Waals surface area contributed by atoms with Gasteiger partial charge in [-0.05, 0) is 38.1 Å². The first-order valence-electron chi connectivity index (χ1n) is 5.15. The van der Waals surface area contributed by atoms with E-state index in [0.717, 1.165) is 12.2 Å². The summed E-state index contributed by atoms with van der Waals surface area (Å²) in [5, 5.41) is 3.25. The summed E-state index contributed by atoms with van der Waals surface area (Å²) in [6.07, 6.45) is 0.921. The van der Waals surface area contributed by atoms with Gasteiger partial charge in [0.05, 0.1) is 7.11 Å². The highest BCUT2D eigenvalue weighted by molar-refractivity contribution is 5.28. The second kappa shape index (κ2) is 5.14. The van der Waals surface area contributed by atoms with Crippen LogP contribution >= 0.6 is 0 Å². The van der Waals surface area contributed by atoms with Gasteiger partial charge in [-0.15, -0.1) is 0 Å². The van der Waals surface area contributed by atoms with Crippen LogP contribution in [0.3, 0.4) is 0 Å². The highest BCUT2D eigenvalue weighted by atomic mass is 16.5. The van der Waals surface area contributed by atoms with Crippen molar-refractivity contribution in [1.29, 1.82) is 0 Å². The van der Waals surface area contributed by atoms with Gasteiger partial charge in [-0.3, -0.25) is 0 Å². The maximum atomic E-state index is 5.73. The molecule has 1 aromatic carbocycles. The molecule has 0 saturated carbocycles. The van der Waals surface area contributed by atoms with Gasteiger partial charge in [0.2, 0.25) is 0 Å². The van der Waals surface area contributed by atoms with Gasteiger partial charge < -0.3 is 15.8 Å². The number of methoxy groups -OCH3 is 1. The number of likely N-dealkylation sites (N-methyl/N-ethyl adjacent to an activating group) is 1. The molecule has 0 saturated heterocycles. The number of nitrogens with one attached hydrogen (secondary N) is 1. The van der Waals surface area contributed by atoms with Crippen molar-refractivity contribution in [3.8, 4) is 5.75 Å². The van der Waals surface area contributed by atoms with E-state index in [1.54, 1.807) is 7.11 Å². The lowest BCUT2D eigenvalue weighted by Crippen LogP contribution is -2.48. The quantitative estimate of drug-likeness (QED) is 0.763. The predicted octanol–water partition coefficient (Wildman–Crippen LogP) is 1.17. The third-order valence-corrected chi connectivity index (χ3v) is 2.81. The van der Waals surface area contributed by atoms with Crippen LogP contribution in [-0.2, 0) is 6.42 Å². The number of nitrogens with two attached hydrogens (primary N) is 1. The average Bonchev–Trinajstić information content (AvgIpc) is 2.30. The average molecular weight is 208 g/mol. The molecule has 0 amide bonds. The lowest BCUT2D eigenvalue weighted by atomic mass is 9.93. The van der Waals surface area contributed by atoms with Crippen molar-refractivity contribution in [3.05, 3.63) is 29.8 Å². The Morgan fingerprint density at radius 2 is 1.93 bits per heavy atom. The minimum atomic E-state index is -0.0331. The Hall–Kier alpha value is -1.06. The van der Waals surface area contributed by atoms with Gasteiger partial charge in [-0.1, -0.05) is 12.1 Å². The predicted molar refractivity (Wildman–Crippen MR) is 63.2 cm³/mol. The Kier molecular flexibility index (Phi) is 4.12. The van der Waals surface area contributed by atoms with Crippen LogP contribution in [0.4, 0.5) is 0 Å². The van der Waals surface area contributed by atoms with Gasteiger partial charge in [-0.2, -0.15) is 0 Å². The summed E-state index contributed by atoms with van der Waals surface area (Å²) >= 11 is 0. The van der Waals surface area contributed by atoms with Gasteiger partial charge in [0.15, 0.2) is 0 Å². The third-order valence-electron chi connectivity index (χ3n) is 2.81. The van der Waals surface area contributed by atoms with E-state index >= 15 is 0 Å². The minimum absolute atomic E-state index is 0.0331. The molecule has 0 aliphatic carbocycles. The summed E-state index contributed by atoms with van der Waals surface area (Å²) in [7, 11) is 3.61. The molecule has 1 atom stereocenters. The summed E-state index contributed by atoms with van der Waals surface area (Å²) in [6, 6.07) is 8.10. The van der Waals surface area contributed by atoms with Crippen molar-refractivity contribution in [3.63, 3.8) is 0 Å². The maximum Gasteiger partial charge on any atom is 0.118 e. The summed E-state index contributed by atoms with van der Waals surface area (Å²) in [5.74, 6) is 0.887. The maximum absolute atomic E-state index is 5.73. The van der Waals surface area contributed by atoms with Crippen LogP contribution in [-0.4, -0.2) is 26.2 Å². The SMILES string of the molecule is CNC(C)(CN)Cc1ccc(OC)cc1. The van der Waals surface area contributed by atoms with E-state index in [1.165, 1.54) is 5.56 Å². The third kappa shape index (κ3) is 3.22. The first-order chi connectivity index (χ1) is 7.13. The van der Waals surface area contributed by atoms with Crippen LogP contribution in [0, 0.1) is 0 Å². The fourth-order valence-electron chi connectivity index (χ4n) is 1.46. The fourth-order valence-corrected chi connectivity index (χ4v) is 1.46. The van der Waals surface area contributed by atoms with Gasteiger partial charge in [0.25, 0.3) is 0 Å². The molecule has 3 heteroatoms. The number of ether oxygens (including phenoxy) is 1. The van der Waals surface area contributed by atoms with Gasteiger partial charge in [0.1, 0.15) is 5.75 Å². The van der Waals surface area contributed by atoms with Crippen molar-refractivity contribution in [2.75, 3.05) is 20.7 Å². The first-order valence-corrected chi connectivity index (χ1v) is 5.15. The molecule has 0 fully saturated rings. The monoisotopic (exact) mass is 208 g/mol. The second-order valence-corrected chi connectivity index (χ2v) is 4.04. The molecule has 0 radical (unpaired) electrons. The smallest absolute Gasteiger partial charge is 0.118 e. The first kappa shape index (κ1) is 12.0. The second-order valence-electron chi connectivity index (χ2n) is 4.04. The minimum Gasteiger partial charge on any atom is -0.497 e. The fraction of sp³-hybridized carbons (Fsp3) is 0.500. The topological polar surface area (TPSA) is 47.3 Å². The van der Waals surface area contributed by atoms with Crippen LogP contribution in [0.25, 0.3) is 0 Å². The number of hydrogen-bond donors (Lipinski definition) is 2. The van der Waals surface area contributed by atoms with E-state index in [2.05, 4.69) is 24.4 Å². The molecule has 1 rings (SSSR count). The molecule has 0 aliphatic rings. The van der Waals surface area contributed by atoms with Crippen molar-refractivity contribution in [1.82, 2.24) is 5.32 Å². The highest BCUT2D eigenvalue weighted by Gasteiger charge is 2.19. The summed E-state index contributed by atoms with van der Waals surface area (Å²) in [4.78, 5) is 0. The van der Waals surface area contributed by atoms with Gasteiger partial charge in [-0.25, -0.2) is 0 Å². The molecule has 3 nitrogen and oxygen atoms in total. The Morgan fingerprint density at radius 1 is 1.33 bits per heavy atom. The van der Waals surface area contributed by atoms with Crippen molar-refractivity contribution >= 4 is 0 Å². The zero-order chi connectivity index (χ0) is 11.3. The van der Waals surface area contributed by atoms with Crippen LogP contribution in [0.1, 0.15) is 12.5 Å². The number of benzene rings is 1. The van der Waals surface area contributed by atoms with Crippen molar-refractivity contribution in [2.24, 2.45) is 5.73 Å². The molecular weight excluding hydrogens is 188 g/mol. The molecule has 0 spiro atoms. The summed E-state index contributed by atoms with van der Waals surface area (Å²) in [5.41, 5.74) is 6.96. The van der Waals surface area contributed by atoms with E-state index in [4.69, 9.17) is 10.5 Å². The summed E-state index contributed by atoms with van der Waals surface area (Å²) < 4.78 is 5.11. The standard InChI is InChI=1S/C12H20N2O/c1-12(9-13,14-2)8-10-4-6-11(15-3)7-5-10/h4-7,14H,8-9,13H2,1-3H3. The van der Waals surface area contributed by atoms with E-state index in [1.807, 2.05) is 19.2 Å². The van der Waals surface area contributed by atoms with E-state index in [9.17, 15) is 0 Å². The molecule has 1 aromatic rings. The molecule has 0 heterocycles. The zero-order valence-electron chi connectivity index (χ0n) is 9.71. The van der Waals surface area contributed by atoms with E-state index < -0.39 is 0 Å². The van der Waals surface area contributed by atoms with Crippen LogP contribution in [0.2, 0.25) is 0 Å². The normalized spacial score (nSPS) is 14.7.